The molecule has 2 nitrogen and oxygen atoms in total. The minimum atomic E-state index is -4.39. The summed E-state index contributed by atoms with van der Waals surface area (Å²) < 4.78 is 41.9. The molecule has 17 heavy (non-hydrogen) atoms. The van der Waals surface area contributed by atoms with Gasteiger partial charge >= 0.3 is 6.18 Å². The van der Waals surface area contributed by atoms with E-state index in [0.29, 0.717) is 0 Å². The number of carbonyl (C=O) groups is 1. The predicted octanol–water partition coefficient (Wildman–Crippen LogP) is 3.31. The number of hydrogen-bond acceptors (Lipinski definition) is 2. The van der Waals surface area contributed by atoms with E-state index in [-0.39, 0.29) is 11.3 Å². The fraction of sp³-hybridized carbons (Fsp3) is 0.417. The van der Waals surface area contributed by atoms with Crippen LogP contribution in [0.2, 0.25) is 0 Å². The molecule has 0 aliphatic rings. The number of rotatable bonds is 3. The Morgan fingerprint density at radius 1 is 1.12 bits per heavy atom. The Labute approximate surface area is 97.4 Å². The molecule has 0 aromatic heterocycles. The van der Waals surface area contributed by atoms with Gasteiger partial charge < -0.3 is 4.74 Å². The van der Waals surface area contributed by atoms with E-state index in [1.54, 1.807) is 13.8 Å². The second kappa shape index (κ2) is 4.49. The van der Waals surface area contributed by atoms with Crippen LogP contribution < -0.4 is 0 Å². The van der Waals surface area contributed by atoms with Crippen molar-refractivity contribution in [1.29, 1.82) is 0 Å². The Balaban J connectivity index is 3.00. The Hall–Kier alpha value is -1.36. The Kier molecular flexibility index (Phi) is 3.62. The summed E-state index contributed by atoms with van der Waals surface area (Å²) in [6.07, 6.45) is -4.39. The summed E-state index contributed by atoms with van der Waals surface area (Å²) in [7, 11) is 1.38. The summed E-state index contributed by atoms with van der Waals surface area (Å²) in [6, 6.07) is 4.09. The zero-order chi connectivity index (χ0) is 13.3. The Morgan fingerprint density at radius 3 is 1.94 bits per heavy atom. The molecule has 5 heteroatoms. The van der Waals surface area contributed by atoms with Crippen LogP contribution in [-0.2, 0) is 10.9 Å². The summed E-state index contributed by atoms with van der Waals surface area (Å²) in [4.78, 5) is 11.9. The molecular formula is C12H13F3O2. The number of methoxy groups -OCH3 is 1. The zero-order valence-corrected chi connectivity index (χ0v) is 9.76. The van der Waals surface area contributed by atoms with Gasteiger partial charge in [0.2, 0.25) is 0 Å². The normalized spacial score (nSPS) is 12.6. The third kappa shape index (κ3) is 3.06. The molecule has 0 saturated heterocycles. The van der Waals surface area contributed by atoms with Gasteiger partial charge in [-0.1, -0.05) is 12.1 Å². The van der Waals surface area contributed by atoms with Gasteiger partial charge in [-0.2, -0.15) is 13.2 Å². The number of benzene rings is 1. The van der Waals surface area contributed by atoms with Gasteiger partial charge in [-0.3, -0.25) is 4.79 Å². The molecule has 0 spiro atoms. The fourth-order valence-corrected chi connectivity index (χ4v) is 1.25. The van der Waals surface area contributed by atoms with Gasteiger partial charge in [0.1, 0.15) is 5.60 Å². The van der Waals surface area contributed by atoms with E-state index in [1.807, 2.05) is 0 Å². The largest absolute Gasteiger partial charge is 0.416 e. The molecule has 1 aromatic carbocycles. The van der Waals surface area contributed by atoms with E-state index < -0.39 is 17.3 Å². The van der Waals surface area contributed by atoms with Crippen molar-refractivity contribution in [2.75, 3.05) is 7.11 Å². The second-order valence-corrected chi connectivity index (χ2v) is 4.12. The van der Waals surface area contributed by atoms with Gasteiger partial charge in [-0.05, 0) is 26.0 Å². The third-order valence-corrected chi connectivity index (χ3v) is 2.53. The monoisotopic (exact) mass is 246 g/mol. The smallest absolute Gasteiger partial charge is 0.371 e. The molecule has 0 amide bonds. The van der Waals surface area contributed by atoms with E-state index in [9.17, 15) is 18.0 Å². The molecule has 0 radical (unpaired) electrons. The first-order valence-corrected chi connectivity index (χ1v) is 4.95. The summed E-state index contributed by atoms with van der Waals surface area (Å²) in [5.74, 6) is -0.353. The molecule has 0 aliphatic heterocycles. The predicted molar refractivity (Wildman–Crippen MR) is 56.9 cm³/mol. The van der Waals surface area contributed by atoms with Crippen LogP contribution in [0.4, 0.5) is 13.2 Å². The molecule has 0 heterocycles. The van der Waals surface area contributed by atoms with E-state index in [0.717, 1.165) is 24.3 Å². The van der Waals surface area contributed by atoms with Crippen molar-refractivity contribution in [3.8, 4) is 0 Å². The highest BCUT2D eigenvalue weighted by Gasteiger charge is 2.32. The van der Waals surface area contributed by atoms with Crippen molar-refractivity contribution >= 4 is 5.78 Å². The molecule has 1 aromatic rings. The lowest BCUT2D eigenvalue weighted by molar-refractivity contribution is -0.137. The average Bonchev–Trinajstić information content (AvgIpc) is 2.27. The lowest BCUT2D eigenvalue weighted by Crippen LogP contribution is -2.33. The fourth-order valence-electron chi connectivity index (χ4n) is 1.25. The minimum Gasteiger partial charge on any atom is -0.371 e. The van der Waals surface area contributed by atoms with Crippen molar-refractivity contribution in [1.82, 2.24) is 0 Å². The van der Waals surface area contributed by atoms with E-state index in [2.05, 4.69) is 0 Å². The molecule has 0 unspecified atom stereocenters. The minimum absolute atomic E-state index is 0.199. The van der Waals surface area contributed by atoms with Gasteiger partial charge in [0.15, 0.2) is 5.78 Å². The molecule has 94 valence electrons. The third-order valence-electron chi connectivity index (χ3n) is 2.53. The number of carbonyl (C=O) groups excluding carboxylic acids is 1. The summed E-state index contributed by atoms with van der Waals surface area (Å²) in [5.41, 5.74) is -1.62. The molecule has 0 N–H and O–H groups in total. The highest BCUT2D eigenvalue weighted by Crippen LogP contribution is 2.29. The van der Waals surface area contributed by atoms with Crippen molar-refractivity contribution in [3.05, 3.63) is 35.4 Å². The second-order valence-electron chi connectivity index (χ2n) is 4.12. The van der Waals surface area contributed by atoms with Crippen LogP contribution >= 0.6 is 0 Å². The molecular weight excluding hydrogens is 233 g/mol. The van der Waals surface area contributed by atoms with Crippen LogP contribution in [0, 0.1) is 0 Å². The van der Waals surface area contributed by atoms with Crippen LogP contribution in [0.3, 0.4) is 0 Å². The maximum absolute atomic E-state index is 12.3. The van der Waals surface area contributed by atoms with Crippen LogP contribution in [-0.4, -0.2) is 18.5 Å². The standard InChI is InChI=1S/C12H13F3O2/c1-11(2,17-3)10(16)8-4-6-9(7-5-8)12(13,14)15/h4-7H,1-3H3. The van der Waals surface area contributed by atoms with E-state index in [1.165, 1.54) is 7.11 Å². The topological polar surface area (TPSA) is 26.3 Å². The van der Waals surface area contributed by atoms with Crippen LogP contribution in [0.15, 0.2) is 24.3 Å². The van der Waals surface area contributed by atoms with Crippen molar-refractivity contribution in [2.45, 2.75) is 25.6 Å². The van der Waals surface area contributed by atoms with Gasteiger partial charge in [-0.15, -0.1) is 0 Å². The summed E-state index contributed by atoms with van der Waals surface area (Å²) in [5, 5.41) is 0. The number of ether oxygens (including phenoxy) is 1. The highest BCUT2D eigenvalue weighted by molar-refractivity contribution is 6.01. The first kappa shape index (κ1) is 13.7. The molecule has 0 aliphatic carbocycles. The lowest BCUT2D eigenvalue weighted by Gasteiger charge is -2.21. The molecule has 0 fully saturated rings. The van der Waals surface area contributed by atoms with E-state index >= 15 is 0 Å². The van der Waals surface area contributed by atoms with E-state index in [4.69, 9.17) is 4.74 Å². The number of alkyl halides is 3. The van der Waals surface area contributed by atoms with Crippen LogP contribution in [0.5, 0.6) is 0 Å². The number of halogens is 3. The van der Waals surface area contributed by atoms with Crippen LogP contribution in [0.1, 0.15) is 29.8 Å². The molecule has 0 bridgehead atoms. The zero-order valence-electron chi connectivity index (χ0n) is 9.76. The van der Waals surface area contributed by atoms with Gasteiger partial charge in [-0.25, -0.2) is 0 Å². The molecule has 0 atom stereocenters. The lowest BCUT2D eigenvalue weighted by atomic mass is 9.96. The quantitative estimate of drug-likeness (QED) is 0.765. The Bertz CT molecular complexity index is 405. The average molecular weight is 246 g/mol. The first-order valence-electron chi connectivity index (χ1n) is 4.95. The number of Topliss-reactive ketones (excluding diaryl/α,β-unsaturated/α-hetero) is 1. The van der Waals surface area contributed by atoms with Crippen molar-refractivity contribution in [2.24, 2.45) is 0 Å². The van der Waals surface area contributed by atoms with Crippen LogP contribution in [0.25, 0.3) is 0 Å². The highest BCUT2D eigenvalue weighted by atomic mass is 19.4. The summed E-state index contributed by atoms with van der Waals surface area (Å²) in [6.45, 7) is 3.13. The maximum atomic E-state index is 12.3. The van der Waals surface area contributed by atoms with Gasteiger partial charge in [0.25, 0.3) is 0 Å². The molecule has 0 saturated carbocycles. The number of ketones is 1. The summed E-state index contributed by atoms with van der Waals surface area (Å²) >= 11 is 0. The Morgan fingerprint density at radius 2 is 1.59 bits per heavy atom. The first-order chi connectivity index (χ1) is 7.68. The maximum Gasteiger partial charge on any atom is 0.416 e. The van der Waals surface area contributed by atoms with Gasteiger partial charge in [0, 0.05) is 12.7 Å². The molecule has 1 rings (SSSR count). The SMILES string of the molecule is COC(C)(C)C(=O)c1ccc(C(F)(F)F)cc1. The van der Waals surface area contributed by atoms with Gasteiger partial charge in [0.05, 0.1) is 5.56 Å². The van der Waals surface area contributed by atoms with Crippen molar-refractivity contribution < 1.29 is 22.7 Å². The van der Waals surface area contributed by atoms with Crippen molar-refractivity contribution in [3.63, 3.8) is 0 Å². The number of hydrogen-bond donors (Lipinski definition) is 0.